The summed E-state index contributed by atoms with van der Waals surface area (Å²) < 4.78 is 0. The van der Waals surface area contributed by atoms with E-state index in [-0.39, 0.29) is 0 Å². The minimum atomic E-state index is 0.548. The molecule has 4 rings (SSSR count). The molecule has 0 aromatic heterocycles. The third kappa shape index (κ3) is 1.93. The standard InChI is InChI=1S/C21H35N/c1-14-5-8-18-17-7-6-15-13-16(22-4)9-11-21(15,3)19(17)10-12-20(14,18)2/h5,15-19,22H,6-13H2,1-4H3. The van der Waals surface area contributed by atoms with Gasteiger partial charge in [0.05, 0.1) is 0 Å². The van der Waals surface area contributed by atoms with Gasteiger partial charge in [-0.15, -0.1) is 0 Å². The molecule has 0 heterocycles. The molecule has 1 nitrogen and oxygen atoms in total. The fourth-order valence-electron chi connectivity index (χ4n) is 7.30. The van der Waals surface area contributed by atoms with Crippen molar-refractivity contribution in [3.63, 3.8) is 0 Å². The quantitative estimate of drug-likeness (QED) is 0.659. The van der Waals surface area contributed by atoms with Crippen LogP contribution >= 0.6 is 0 Å². The predicted octanol–water partition coefficient (Wildman–Crippen LogP) is 5.17. The summed E-state index contributed by atoms with van der Waals surface area (Å²) in [5, 5.41) is 3.57. The molecule has 7 atom stereocenters. The molecular weight excluding hydrogens is 266 g/mol. The number of hydrogen-bond donors (Lipinski definition) is 1. The Morgan fingerprint density at radius 2 is 1.86 bits per heavy atom. The van der Waals surface area contributed by atoms with Gasteiger partial charge in [-0.05, 0) is 99.8 Å². The third-order valence-corrected chi connectivity index (χ3v) is 9.04. The summed E-state index contributed by atoms with van der Waals surface area (Å²) in [5.74, 6) is 3.98. The van der Waals surface area contributed by atoms with Gasteiger partial charge in [0.25, 0.3) is 0 Å². The van der Waals surface area contributed by atoms with Crippen LogP contribution < -0.4 is 5.32 Å². The van der Waals surface area contributed by atoms with E-state index in [4.69, 9.17) is 0 Å². The SMILES string of the molecule is CNC1CCC2(C)C(CCC3C4CC=C(C)C4(C)CCC32)C1. The van der Waals surface area contributed by atoms with Crippen molar-refractivity contribution >= 4 is 0 Å². The molecule has 124 valence electrons. The fourth-order valence-corrected chi connectivity index (χ4v) is 7.30. The van der Waals surface area contributed by atoms with E-state index >= 15 is 0 Å². The molecule has 0 amide bonds. The van der Waals surface area contributed by atoms with E-state index in [0.29, 0.717) is 10.8 Å². The predicted molar refractivity (Wildman–Crippen MR) is 93.7 cm³/mol. The first-order chi connectivity index (χ1) is 10.5. The first-order valence-corrected chi connectivity index (χ1v) is 9.83. The van der Waals surface area contributed by atoms with Crippen LogP contribution in [0, 0.1) is 34.5 Å². The highest BCUT2D eigenvalue weighted by Crippen LogP contribution is 2.66. The molecule has 0 spiro atoms. The van der Waals surface area contributed by atoms with Gasteiger partial charge >= 0.3 is 0 Å². The Hall–Kier alpha value is -0.300. The van der Waals surface area contributed by atoms with Crippen molar-refractivity contribution in [2.24, 2.45) is 34.5 Å². The fraction of sp³-hybridized carbons (Fsp3) is 0.905. The van der Waals surface area contributed by atoms with E-state index < -0.39 is 0 Å². The zero-order valence-corrected chi connectivity index (χ0v) is 15.1. The molecule has 22 heavy (non-hydrogen) atoms. The number of rotatable bonds is 1. The van der Waals surface area contributed by atoms with Gasteiger partial charge in [-0.3, -0.25) is 0 Å². The Morgan fingerprint density at radius 3 is 2.64 bits per heavy atom. The van der Waals surface area contributed by atoms with Crippen molar-refractivity contribution in [1.82, 2.24) is 5.32 Å². The first-order valence-electron chi connectivity index (χ1n) is 9.83. The van der Waals surface area contributed by atoms with Gasteiger partial charge < -0.3 is 5.32 Å². The molecule has 0 bridgehead atoms. The Labute approximate surface area is 137 Å². The highest BCUT2D eigenvalue weighted by molar-refractivity contribution is 5.23. The van der Waals surface area contributed by atoms with Crippen LogP contribution in [-0.2, 0) is 0 Å². The van der Waals surface area contributed by atoms with Crippen LogP contribution in [0.25, 0.3) is 0 Å². The van der Waals surface area contributed by atoms with Gasteiger partial charge in [0.1, 0.15) is 0 Å². The molecular formula is C21H35N. The summed E-state index contributed by atoms with van der Waals surface area (Å²) in [4.78, 5) is 0. The molecule has 0 radical (unpaired) electrons. The smallest absolute Gasteiger partial charge is 0.00671 e. The summed E-state index contributed by atoms with van der Waals surface area (Å²) in [6.07, 6.45) is 14.3. The van der Waals surface area contributed by atoms with Crippen LogP contribution in [0.4, 0.5) is 0 Å². The summed E-state index contributed by atoms with van der Waals surface area (Å²) in [6, 6.07) is 0.791. The van der Waals surface area contributed by atoms with Crippen molar-refractivity contribution in [2.45, 2.75) is 78.2 Å². The number of fused-ring (bicyclic) bond motifs is 5. The lowest BCUT2D eigenvalue weighted by Gasteiger charge is -2.61. The van der Waals surface area contributed by atoms with Crippen LogP contribution in [0.3, 0.4) is 0 Å². The van der Waals surface area contributed by atoms with Gasteiger partial charge in [-0.1, -0.05) is 25.5 Å². The maximum atomic E-state index is 3.57. The zero-order valence-electron chi connectivity index (χ0n) is 15.1. The van der Waals surface area contributed by atoms with Crippen molar-refractivity contribution in [3.8, 4) is 0 Å². The highest BCUT2D eigenvalue weighted by Gasteiger charge is 2.57. The van der Waals surface area contributed by atoms with E-state index in [9.17, 15) is 0 Å². The van der Waals surface area contributed by atoms with Gasteiger partial charge in [0, 0.05) is 6.04 Å². The van der Waals surface area contributed by atoms with Gasteiger partial charge in [0.2, 0.25) is 0 Å². The van der Waals surface area contributed by atoms with E-state index in [1.165, 1.54) is 51.4 Å². The summed E-state index contributed by atoms with van der Waals surface area (Å²) in [6.45, 7) is 7.67. The maximum absolute atomic E-state index is 3.57. The molecule has 3 saturated carbocycles. The first kappa shape index (κ1) is 15.2. The van der Waals surface area contributed by atoms with Crippen LogP contribution in [-0.4, -0.2) is 13.1 Å². The Kier molecular flexibility index (Phi) is 3.53. The van der Waals surface area contributed by atoms with Crippen molar-refractivity contribution in [3.05, 3.63) is 11.6 Å². The number of hydrogen-bond acceptors (Lipinski definition) is 1. The number of nitrogens with one attached hydrogen (secondary N) is 1. The molecule has 7 unspecified atom stereocenters. The molecule has 4 aliphatic carbocycles. The molecule has 0 aromatic rings. The normalized spacial score (nSPS) is 54.2. The monoisotopic (exact) mass is 301 g/mol. The zero-order chi connectivity index (χ0) is 15.5. The summed E-state index contributed by atoms with van der Waals surface area (Å²) >= 11 is 0. The Balaban J connectivity index is 1.59. The molecule has 1 heteroatoms. The van der Waals surface area contributed by atoms with E-state index in [1.807, 2.05) is 0 Å². The number of allylic oxidation sites excluding steroid dienone is 2. The largest absolute Gasteiger partial charge is 0.317 e. The average molecular weight is 302 g/mol. The van der Waals surface area contributed by atoms with Crippen molar-refractivity contribution in [1.29, 1.82) is 0 Å². The summed E-state index contributed by atoms with van der Waals surface area (Å²) in [5.41, 5.74) is 2.91. The van der Waals surface area contributed by atoms with E-state index in [2.05, 4.69) is 39.2 Å². The van der Waals surface area contributed by atoms with Gasteiger partial charge in [-0.2, -0.15) is 0 Å². The molecule has 0 aromatic carbocycles. The van der Waals surface area contributed by atoms with E-state index in [0.717, 1.165) is 29.7 Å². The van der Waals surface area contributed by atoms with Gasteiger partial charge in [0.15, 0.2) is 0 Å². The molecule has 0 aliphatic heterocycles. The van der Waals surface area contributed by atoms with E-state index in [1.54, 1.807) is 5.57 Å². The molecule has 0 saturated heterocycles. The lowest BCUT2D eigenvalue weighted by atomic mass is 9.44. The van der Waals surface area contributed by atoms with Gasteiger partial charge in [-0.25, -0.2) is 0 Å². The van der Waals surface area contributed by atoms with Crippen LogP contribution in [0.1, 0.15) is 72.1 Å². The van der Waals surface area contributed by atoms with Crippen LogP contribution in [0.15, 0.2) is 11.6 Å². The lowest BCUT2D eigenvalue weighted by Crippen LogP contribution is -2.54. The van der Waals surface area contributed by atoms with Crippen LogP contribution in [0.2, 0.25) is 0 Å². The average Bonchev–Trinajstić information content (AvgIpc) is 2.82. The Morgan fingerprint density at radius 1 is 1.05 bits per heavy atom. The maximum Gasteiger partial charge on any atom is 0.00671 e. The highest BCUT2D eigenvalue weighted by atomic mass is 14.9. The second-order valence-corrected chi connectivity index (χ2v) is 9.50. The van der Waals surface area contributed by atoms with Crippen molar-refractivity contribution < 1.29 is 0 Å². The molecule has 3 fully saturated rings. The van der Waals surface area contributed by atoms with Crippen molar-refractivity contribution in [2.75, 3.05) is 7.05 Å². The molecule has 1 N–H and O–H groups in total. The second-order valence-electron chi connectivity index (χ2n) is 9.50. The summed E-state index contributed by atoms with van der Waals surface area (Å²) in [7, 11) is 2.16. The third-order valence-electron chi connectivity index (χ3n) is 9.04. The Bertz CT molecular complexity index is 480. The minimum absolute atomic E-state index is 0.548. The lowest BCUT2D eigenvalue weighted by molar-refractivity contribution is -0.103. The second kappa shape index (κ2) is 5.10. The van der Waals surface area contributed by atoms with Crippen LogP contribution in [0.5, 0.6) is 0 Å². The topological polar surface area (TPSA) is 12.0 Å². The molecule has 4 aliphatic rings. The minimum Gasteiger partial charge on any atom is -0.317 e.